The Hall–Kier alpha value is -2.96. The third-order valence-corrected chi connectivity index (χ3v) is 3.42. The first-order chi connectivity index (χ1) is 11.4. The predicted octanol–water partition coefficient (Wildman–Crippen LogP) is 2.40. The zero-order valence-corrected chi connectivity index (χ0v) is 12.8. The average Bonchev–Trinajstić information content (AvgIpc) is 2.57. The van der Waals surface area contributed by atoms with Crippen molar-refractivity contribution in [2.75, 3.05) is 7.11 Å². The zero-order valence-electron chi connectivity index (χ0n) is 12.8. The van der Waals surface area contributed by atoms with Gasteiger partial charge in [0, 0.05) is 6.42 Å². The lowest BCUT2D eigenvalue weighted by atomic mass is 10.0. The summed E-state index contributed by atoms with van der Waals surface area (Å²) in [5, 5.41) is 11.5. The van der Waals surface area contributed by atoms with Gasteiger partial charge in [0.2, 0.25) is 0 Å². The number of hydrogen-bond acceptors (Lipinski definition) is 3. The molecule has 0 spiro atoms. The van der Waals surface area contributed by atoms with Crippen LogP contribution in [0.5, 0.6) is 5.75 Å². The van der Waals surface area contributed by atoms with Gasteiger partial charge in [-0.15, -0.1) is 0 Å². The Labute approximate surface area is 136 Å². The van der Waals surface area contributed by atoms with Crippen LogP contribution < -0.4 is 10.1 Å². The van der Waals surface area contributed by atoms with Gasteiger partial charge >= 0.3 is 5.97 Å². The molecule has 0 radical (unpaired) electrons. The van der Waals surface area contributed by atoms with Crippen molar-refractivity contribution in [1.29, 1.82) is 0 Å². The molecule has 0 aliphatic carbocycles. The number of para-hydroxylation sites is 1. The number of carboxylic acids is 1. The molecule has 2 aromatic rings. The summed E-state index contributed by atoms with van der Waals surface area (Å²) in [4.78, 5) is 23.5. The second-order valence-corrected chi connectivity index (χ2v) is 4.98. The lowest BCUT2D eigenvalue weighted by Crippen LogP contribution is -2.42. The Kier molecular flexibility index (Phi) is 5.47. The van der Waals surface area contributed by atoms with E-state index in [4.69, 9.17) is 4.74 Å². The van der Waals surface area contributed by atoms with Crippen molar-refractivity contribution in [2.24, 2.45) is 0 Å². The molecule has 7 heteroatoms. The zero-order chi connectivity index (χ0) is 17.7. The van der Waals surface area contributed by atoms with Gasteiger partial charge in [0.25, 0.3) is 5.91 Å². The van der Waals surface area contributed by atoms with Crippen molar-refractivity contribution in [1.82, 2.24) is 5.32 Å². The number of carbonyl (C=O) groups excluding carboxylic acids is 1. The molecule has 0 bridgehead atoms. The number of benzene rings is 2. The van der Waals surface area contributed by atoms with Crippen molar-refractivity contribution in [3.05, 3.63) is 65.2 Å². The van der Waals surface area contributed by atoms with Gasteiger partial charge in [0.15, 0.2) is 11.6 Å². The molecule has 1 atom stereocenters. The minimum Gasteiger partial charge on any atom is -0.496 e. The van der Waals surface area contributed by atoms with Crippen LogP contribution in [0.3, 0.4) is 0 Å². The van der Waals surface area contributed by atoms with Crippen LogP contribution >= 0.6 is 0 Å². The predicted molar refractivity (Wildman–Crippen MR) is 81.9 cm³/mol. The number of carbonyl (C=O) groups is 2. The van der Waals surface area contributed by atoms with Gasteiger partial charge in [0.1, 0.15) is 11.8 Å². The summed E-state index contributed by atoms with van der Waals surface area (Å²) < 4.78 is 32.0. The van der Waals surface area contributed by atoms with E-state index in [9.17, 15) is 23.5 Å². The molecule has 2 aromatic carbocycles. The normalized spacial score (nSPS) is 11.6. The van der Waals surface area contributed by atoms with Crippen LogP contribution in [0.25, 0.3) is 0 Å². The number of rotatable bonds is 6. The molecule has 0 aliphatic rings. The summed E-state index contributed by atoms with van der Waals surface area (Å²) in [6.45, 7) is 0. The third kappa shape index (κ3) is 3.87. The quantitative estimate of drug-likeness (QED) is 0.850. The maximum absolute atomic E-state index is 13.6. The summed E-state index contributed by atoms with van der Waals surface area (Å²) in [5.41, 5.74) is 0.00805. The van der Waals surface area contributed by atoms with Gasteiger partial charge in [0.05, 0.1) is 12.7 Å². The summed E-state index contributed by atoms with van der Waals surface area (Å²) in [6.07, 6.45) is -0.0674. The Balaban J connectivity index is 2.21. The van der Waals surface area contributed by atoms with E-state index in [1.165, 1.54) is 13.2 Å². The SMILES string of the molecule is COc1ccccc1C[C@H](NC(=O)c1cccc(F)c1F)C(=O)O. The number of aliphatic carboxylic acids is 1. The molecule has 5 nitrogen and oxygen atoms in total. The van der Waals surface area contributed by atoms with Crippen molar-refractivity contribution in [3.63, 3.8) is 0 Å². The maximum Gasteiger partial charge on any atom is 0.326 e. The highest BCUT2D eigenvalue weighted by Gasteiger charge is 2.24. The smallest absolute Gasteiger partial charge is 0.326 e. The monoisotopic (exact) mass is 335 g/mol. The van der Waals surface area contributed by atoms with E-state index in [0.717, 1.165) is 12.1 Å². The van der Waals surface area contributed by atoms with Crippen molar-refractivity contribution >= 4 is 11.9 Å². The standard InChI is InChI=1S/C17H15F2NO4/c1-24-14-8-3-2-5-10(14)9-13(17(22)23)20-16(21)11-6-4-7-12(18)15(11)19/h2-8,13H,9H2,1H3,(H,20,21)(H,22,23)/t13-/m0/s1. The first kappa shape index (κ1) is 17.4. The van der Waals surface area contributed by atoms with Gasteiger partial charge in [-0.3, -0.25) is 4.79 Å². The number of amides is 1. The molecule has 0 heterocycles. The van der Waals surface area contributed by atoms with Crippen LogP contribution in [0.2, 0.25) is 0 Å². The minimum atomic E-state index is -1.32. The van der Waals surface area contributed by atoms with Gasteiger partial charge in [-0.05, 0) is 23.8 Å². The fourth-order valence-corrected chi connectivity index (χ4v) is 2.21. The van der Waals surface area contributed by atoms with Gasteiger partial charge in [-0.1, -0.05) is 24.3 Å². The molecule has 126 valence electrons. The van der Waals surface area contributed by atoms with Crippen LogP contribution in [0.4, 0.5) is 8.78 Å². The highest BCUT2D eigenvalue weighted by Crippen LogP contribution is 2.19. The topological polar surface area (TPSA) is 75.6 Å². The number of ether oxygens (including phenoxy) is 1. The molecule has 1 amide bonds. The fraction of sp³-hybridized carbons (Fsp3) is 0.176. The molecule has 0 aromatic heterocycles. The Morgan fingerprint density at radius 3 is 2.54 bits per heavy atom. The molecule has 0 saturated heterocycles. The summed E-state index contributed by atoms with van der Waals surface area (Å²) in [6, 6.07) is 8.53. The average molecular weight is 335 g/mol. The van der Waals surface area contributed by atoms with Gasteiger partial charge in [-0.25, -0.2) is 13.6 Å². The van der Waals surface area contributed by atoms with Crippen LogP contribution in [0.15, 0.2) is 42.5 Å². The number of hydrogen-bond donors (Lipinski definition) is 2. The van der Waals surface area contributed by atoms with Crippen LogP contribution in [0.1, 0.15) is 15.9 Å². The lowest BCUT2D eigenvalue weighted by Gasteiger charge is -2.16. The molecular weight excluding hydrogens is 320 g/mol. The largest absolute Gasteiger partial charge is 0.496 e. The van der Waals surface area contributed by atoms with Gasteiger partial charge < -0.3 is 15.2 Å². The van der Waals surface area contributed by atoms with Crippen LogP contribution in [-0.4, -0.2) is 30.1 Å². The highest BCUT2D eigenvalue weighted by atomic mass is 19.2. The van der Waals surface area contributed by atoms with Crippen molar-refractivity contribution in [2.45, 2.75) is 12.5 Å². The Morgan fingerprint density at radius 2 is 1.88 bits per heavy atom. The highest BCUT2D eigenvalue weighted by molar-refractivity contribution is 5.96. The lowest BCUT2D eigenvalue weighted by molar-refractivity contribution is -0.139. The number of halogens is 2. The summed E-state index contributed by atoms with van der Waals surface area (Å²) in [7, 11) is 1.44. The molecule has 0 fully saturated rings. The molecule has 0 unspecified atom stereocenters. The van der Waals surface area contributed by atoms with E-state index in [0.29, 0.717) is 11.3 Å². The maximum atomic E-state index is 13.6. The van der Waals surface area contributed by atoms with Gasteiger partial charge in [-0.2, -0.15) is 0 Å². The first-order valence-electron chi connectivity index (χ1n) is 7.03. The summed E-state index contributed by atoms with van der Waals surface area (Å²) >= 11 is 0. The number of carboxylic acid groups (broad SMARTS) is 1. The summed E-state index contributed by atoms with van der Waals surface area (Å²) in [5.74, 6) is -4.34. The number of nitrogens with one attached hydrogen (secondary N) is 1. The molecule has 2 rings (SSSR count). The van der Waals surface area contributed by atoms with E-state index in [-0.39, 0.29) is 6.42 Å². The van der Waals surface area contributed by atoms with E-state index in [1.807, 2.05) is 0 Å². The van der Waals surface area contributed by atoms with E-state index in [1.54, 1.807) is 24.3 Å². The number of methoxy groups -OCH3 is 1. The molecule has 2 N–H and O–H groups in total. The Bertz CT molecular complexity index is 764. The van der Waals surface area contributed by atoms with E-state index in [2.05, 4.69) is 5.32 Å². The third-order valence-electron chi connectivity index (χ3n) is 3.42. The molecule has 24 heavy (non-hydrogen) atoms. The first-order valence-corrected chi connectivity index (χ1v) is 7.03. The second-order valence-electron chi connectivity index (χ2n) is 4.98. The molecular formula is C17H15F2NO4. The van der Waals surface area contributed by atoms with E-state index >= 15 is 0 Å². The van der Waals surface area contributed by atoms with Crippen LogP contribution in [0, 0.1) is 11.6 Å². The van der Waals surface area contributed by atoms with Crippen LogP contribution in [-0.2, 0) is 11.2 Å². The minimum absolute atomic E-state index is 0.0674. The molecule has 0 aliphatic heterocycles. The van der Waals surface area contributed by atoms with Crippen molar-refractivity contribution < 1.29 is 28.2 Å². The Morgan fingerprint density at radius 1 is 1.17 bits per heavy atom. The van der Waals surface area contributed by atoms with Crippen molar-refractivity contribution in [3.8, 4) is 5.75 Å². The fourth-order valence-electron chi connectivity index (χ4n) is 2.21. The molecule has 0 saturated carbocycles. The van der Waals surface area contributed by atoms with E-state index < -0.39 is 35.1 Å². The second kappa shape index (κ2) is 7.54.